The van der Waals surface area contributed by atoms with Crippen LogP contribution in [0.5, 0.6) is 5.75 Å². The molecule has 0 spiro atoms. The molecular weight excluding hydrogens is 276 g/mol. The summed E-state index contributed by atoms with van der Waals surface area (Å²) in [5.74, 6) is 0.554. The molecule has 2 fully saturated rings. The maximum atomic E-state index is 12.9. The molecule has 3 rings (SSSR count). The van der Waals surface area contributed by atoms with Crippen molar-refractivity contribution in [2.75, 3.05) is 0 Å². The fourth-order valence-electron chi connectivity index (χ4n) is 4.51. The lowest BCUT2D eigenvalue weighted by Crippen LogP contribution is -2.42. The Morgan fingerprint density at radius 2 is 1.64 bits per heavy atom. The van der Waals surface area contributed by atoms with Crippen molar-refractivity contribution >= 4 is 11.8 Å². The zero-order valence-electron chi connectivity index (χ0n) is 14.1. The SMILES string of the molecule is Cc1cc(C)cc(OC(=O)[C@]23CC[C@@](C)(C(=O)C2)C3(C)C)c1. The van der Waals surface area contributed by atoms with E-state index in [4.69, 9.17) is 4.74 Å². The Balaban J connectivity index is 1.94. The molecule has 0 unspecified atom stereocenters. The predicted molar refractivity (Wildman–Crippen MR) is 84.7 cm³/mol. The Hall–Kier alpha value is -1.64. The van der Waals surface area contributed by atoms with Crippen LogP contribution in [-0.4, -0.2) is 11.8 Å². The average Bonchev–Trinajstić information content (AvgIpc) is 2.67. The van der Waals surface area contributed by atoms with Crippen LogP contribution in [0.15, 0.2) is 18.2 Å². The first-order valence-corrected chi connectivity index (χ1v) is 7.96. The van der Waals surface area contributed by atoms with E-state index < -0.39 is 10.8 Å². The van der Waals surface area contributed by atoms with Crippen LogP contribution in [0.2, 0.25) is 0 Å². The van der Waals surface area contributed by atoms with Crippen molar-refractivity contribution in [3.05, 3.63) is 29.3 Å². The molecule has 1 aromatic rings. The molecule has 0 heterocycles. The smallest absolute Gasteiger partial charge is 0.318 e. The minimum Gasteiger partial charge on any atom is -0.426 e. The van der Waals surface area contributed by atoms with E-state index in [0.29, 0.717) is 12.2 Å². The maximum Gasteiger partial charge on any atom is 0.318 e. The summed E-state index contributed by atoms with van der Waals surface area (Å²) < 4.78 is 5.72. The molecule has 0 N–H and O–H groups in total. The number of aryl methyl sites for hydroxylation is 2. The summed E-state index contributed by atoms with van der Waals surface area (Å²) in [7, 11) is 0. The number of Topliss-reactive ketones (excluding diaryl/α,β-unsaturated/α-hetero) is 1. The summed E-state index contributed by atoms with van der Waals surface area (Å²) in [5, 5.41) is 0. The second-order valence-electron chi connectivity index (χ2n) is 7.85. The van der Waals surface area contributed by atoms with E-state index >= 15 is 0 Å². The van der Waals surface area contributed by atoms with Crippen LogP contribution in [0.1, 0.15) is 51.2 Å². The van der Waals surface area contributed by atoms with E-state index in [1.807, 2.05) is 52.8 Å². The van der Waals surface area contributed by atoms with Crippen LogP contribution in [0.25, 0.3) is 0 Å². The fourth-order valence-corrected chi connectivity index (χ4v) is 4.51. The van der Waals surface area contributed by atoms with Crippen molar-refractivity contribution < 1.29 is 14.3 Å². The zero-order chi connectivity index (χ0) is 16.3. The summed E-state index contributed by atoms with van der Waals surface area (Å²) in [5.41, 5.74) is 0.717. The van der Waals surface area contributed by atoms with Gasteiger partial charge in [-0.1, -0.05) is 26.8 Å². The summed E-state index contributed by atoms with van der Waals surface area (Å²) in [6.45, 7) is 10.1. The minimum absolute atomic E-state index is 0.209. The summed E-state index contributed by atoms with van der Waals surface area (Å²) in [6.07, 6.45) is 1.84. The van der Waals surface area contributed by atoms with Gasteiger partial charge in [0.2, 0.25) is 0 Å². The number of esters is 1. The van der Waals surface area contributed by atoms with Gasteiger partial charge in [-0.3, -0.25) is 9.59 Å². The Bertz CT molecular complexity index is 653. The zero-order valence-corrected chi connectivity index (χ0v) is 14.1. The molecule has 2 atom stereocenters. The number of ketones is 1. The Morgan fingerprint density at radius 1 is 1.05 bits per heavy atom. The molecule has 3 heteroatoms. The quantitative estimate of drug-likeness (QED) is 0.612. The third-order valence-electron chi connectivity index (χ3n) is 6.50. The van der Waals surface area contributed by atoms with Gasteiger partial charge < -0.3 is 4.74 Å². The minimum atomic E-state index is -0.670. The molecule has 1 aromatic carbocycles. The van der Waals surface area contributed by atoms with E-state index in [0.717, 1.165) is 24.0 Å². The second-order valence-corrected chi connectivity index (χ2v) is 7.85. The number of benzene rings is 1. The van der Waals surface area contributed by atoms with Crippen LogP contribution in [0, 0.1) is 30.1 Å². The number of rotatable bonds is 2. The van der Waals surface area contributed by atoms with Crippen molar-refractivity contribution in [3.8, 4) is 5.75 Å². The molecule has 0 amide bonds. The van der Waals surface area contributed by atoms with Crippen molar-refractivity contribution in [1.29, 1.82) is 0 Å². The highest BCUT2D eigenvalue weighted by Gasteiger charge is 2.73. The van der Waals surface area contributed by atoms with Gasteiger partial charge in [0.1, 0.15) is 11.5 Å². The average molecular weight is 300 g/mol. The van der Waals surface area contributed by atoms with Crippen molar-refractivity contribution in [2.24, 2.45) is 16.2 Å². The van der Waals surface area contributed by atoms with Crippen LogP contribution >= 0.6 is 0 Å². The van der Waals surface area contributed by atoms with Gasteiger partial charge >= 0.3 is 5.97 Å². The van der Waals surface area contributed by atoms with Crippen molar-refractivity contribution in [1.82, 2.24) is 0 Å². The largest absolute Gasteiger partial charge is 0.426 e. The molecule has 0 saturated heterocycles. The Labute approximate surface area is 132 Å². The standard InChI is InChI=1S/C19H24O3/c1-12-8-13(2)10-14(9-12)22-16(21)19-7-6-18(5,15(20)11-19)17(19,3)4/h8-10H,6-7,11H2,1-5H3/t18-,19-/m0/s1. The highest BCUT2D eigenvalue weighted by Crippen LogP contribution is 2.70. The maximum absolute atomic E-state index is 12.9. The lowest BCUT2D eigenvalue weighted by molar-refractivity contribution is -0.151. The topological polar surface area (TPSA) is 43.4 Å². The molecule has 22 heavy (non-hydrogen) atoms. The van der Waals surface area contributed by atoms with E-state index in [9.17, 15) is 9.59 Å². The number of hydrogen-bond donors (Lipinski definition) is 0. The van der Waals surface area contributed by atoms with Crippen LogP contribution in [0.3, 0.4) is 0 Å². The molecular formula is C19H24O3. The first-order chi connectivity index (χ1) is 10.1. The molecule has 0 radical (unpaired) electrons. The van der Waals surface area contributed by atoms with Gasteiger partial charge in [-0.15, -0.1) is 0 Å². The van der Waals surface area contributed by atoms with Gasteiger partial charge in [0, 0.05) is 11.8 Å². The third-order valence-corrected chi connectivity index (χ3v) is 6.50. The van der Waals surface area contributed by atoms with Gasteiger partial charge in [0.25, 0.3) is 0 Å². The lowest BCUT2D eigenvalue weighted by atomic mass is 9.65. The van der Waals surface area contributed by atoms with E-state index in [2.05, 4.69) is 0 Å². The number of fused-ring (bicyclic) bond motifs is 2. The number of ether oxygens (including phenoxy) is 1. The van der Waals surface area contributed by atoms with Crippen LogP contribution < -0.4 is 4.74 Å². The molecule has 2 aliphatic carbocycles. The van der Waals surface area contributed by atoms with E-state index in [1.165, 1.54) is 0 Å². The Morgan fingerprint density at radius 3 is 2.09 bits per heavy atom. The highest BCUT2D eigenvalue weighted by atomic mass is 16.5. The van der Waals surface area contributed by atoms with Crippen LogP contribution in [0.4, 0.5) is 0 Å². The second kappa shape index (κ2) is 4.43. The molecule has 0 aromatic heterocycles. The lowest BCUT2D eigenvalue weighted by Gasteiger charge is -2.37. The normalized spacial score (nSPS) is 32.3. The summed E-state index contributed by atoms with van der Waals surface area (Å²) in [4.78, 5) is 25.4. The number of carbonyl (C=O) groups excluding carboxylic acids is 2. The van der Waals surface area contributed by atoms with Crippen LogP contribution in [-0.2, 0) is 9.59 Å². The predicted octanol–water partition coefficient (Wildman–Crippen LogP) is 3.99. The highest BCUT2D eigenvalue weighted by molar-refractivity contribution is 5.98. The fraction of sp³-hybridized carbons (Fsp3) is 0.579. The molecule has 118 valence electrons. The number of carbonyl (C=O) groups is 2. The van der Waals surface area contributed by atoms with Crippen molar-refractivity contribution in [2.45, 2.75) is 53.9 Å². The molecule has 2 saturated carbocycles. The summed E-state index contributed by atoms with van der Waals surface area (Å²) in [6, 6.07) is 5.80. The molecule has 2 bridgehead atoms. The first-order valence-electron chi connectivity index (χ1n) is 7.96. The third kappa shape index (κ3) is 1.74. The van der Waals surface area contributed by atoms with Gasteiger partial charge in [0.05, 0.1) is 5.41 Å². The monoisotopic (exact) mass is 300 g/mol. The number of hydrogen-bond acceptors (Lipinski definition) is 3. The van der Waals surface area contributed by atoms with Gasteiger partial charge in [-0.2, -0.15) is 0 Å². The van der Waals surface area contributed by atoms with Gasteiger partial charge in [-0.05, 0) is 55.4 Å². The van der Waals surface area contributed by atoms with E-state index in [-0.39, 0.29) is 17.2 Å². The van der Waals surface area contributed by atoms with Gasteiger partial charge in [0.15, 0.2) is 0 Å². The first kappa shape index (κ1) is 15.3. The summed E-state index contributed by atoms with van der Waals surface area (Å²) >= 11 is 0. The van der Waals surface area contributed by atoms with E-state index in [1.54, 1.807) is 0 Å². The van der Waals surface area contributed by atoms with Crippen molar-refractivity contribution in [3.63, 3.8) is 0 Å². The molecule has 0 aliphatic heterocycles. The van der Waals surface area contributed by atoms with Gasteiger partial charge in [-0.25, -0.2) is 0 Å². The molecule has 2 aliphatic rings. The molecule has 3 nitrogen and oxygen atoms in total. The Kier molecular flexibility index (Phi) is 3.08.